The number of benzene rings is 1. The van der Waals surface area contributed by atoms with Gasteiger partial charge in [0.15, 0.2) is 0 Å². The molecule has 0 atom stereocenters. The Bertz CT molecular complexity index is 473. The van der Waals surface area contributed by atoms with Crippen LogP contribution in [0.1, 0.15) is 19.4 Å². The maximum absolute atomic E-state index is 12.6. The summed E-state index contributed by atoms with van der Waals surface area (Å²) in [7, 11) is 0. The van der Waals surface area contributed by atoms with Gasteiger partial charge in [0.05, 0.1) is 5.56 Å². The van der Waals surface area contributed by atoms with Gasteiger partial charge in [0.2, 0.25) is 5.91 Å². The molecular formula is C13H17F3N2O2. The van der Waals surface area contributed by atoms with Gasteiger partial charge in [-0.15, -0.1) is 0 Å². The van der Waals surface area contributed by atoms with E-state index < -0.39 is 17.6 Å². The zero-order chi connectivity index (χ0) is 15.3. The fourth-order valence-corrected chi connectivity index (χ4v) is 1.46. The molecule has 0 fully saturated rings. The summed E-state index contributed by atoms with van der Waals surface area (Å²) in [5.74, 6) is -0.236. The first-order chi connectivity index (χ1) is 9.20. The van der Waals surface area contributed by atoms with E-state index in [1.807, 2.05) is 13.8 Å². The van der Waals surface area contributed by atoms with Crippen molar-refractivity contribution in [1.82, 2.24) is 0 Å². The fourth-order valence-electron chi connectivity index (χ4n) is 1.46. The highest BCUT2D eigenvalue weighted by molar-refractivity contribution is 5.92. The van der Waals surface area contributed by atoms with Crippen molar-refractivity contribution in [3.8, 4) is 0 Å². The number of hydrogen-bond acceptors (Lipinski definition) is 3. The van der Waals surface area contributed by atoms with Crippen molar-refractivity contribution in [2.75, 3.05) is 24.3 Å². The summed E-state index contributed by atoms with van der Waals surface area (Å²) >= 11 is 0. The van der Waals surface area contributed by atoms with Crippen LogP contribution in [-0.4, -0.2) is 19.1 Å². The van der Waals surface area contributed by atoms with Crippen molar-refractivity contribution in [2.45, 2.75) is 20.0 Å². The molecule has 0 spiro atoms. The molecule has 0 saturated heterocycles. The molecule has 1 aromatic rings. The normalized spacial score (nSPS) is 11.7. The van der Waals surface area contributed by atoms with E-state index in [0.717, 1.165) is 12.1 Å². The smallest absolute Gasteiger partial charge is 0.398 e. The summed E-state index contributed by atoms with van der Waals surface area (Å²) in [5, 5.41) is 2.34. The Morgan fingerprint density at radius 3 is 2.60 bits per heavy atom. The van der Waals surface area contributed by atoms with Gasteiger partial charge in [0, 0.05) is 18.0 Å². The summed E-state index contributed by atoms with van der Waals surface area (Å²) in [5.41, 5.74) is 3.94. The molecule has 0 aliphatic rings. The maximum atomic E-state index is 12.6. The summed E-state index contributed by atoms with van der Waals surface area (Å²) in [6, 6.07) is 3.22. The average molecular weight is 290 g/mol. The Kier molecular flexibility index (Phi) is 5.38. The number of carbonyl (C=O) groups excluding carboxylic acids is 1. The average Bonchev–Trinajstić information content (AvgIpc) is 2.29. The Hall–Kier alpha value is -1.76. The minimum Gasteiger partial charge on any atom is -0.398 e. The predicted octanol–water partition coefficient (Wildman–Crippen LogP) is 2.90. The number of hydrogen-bond donors (Lipinski definition) is 2. The molecule has 0 aliphatic carbocycles. The third-order valence-corrected chi connectivity index (χ3v) is 2.33. The van der Waals surface area contributed by atoms with Crippen LogP contribution >= 0.6 is 0 Å². The molecule has 0 heterocycles. The summed E-state index contributed by atoms with van der Waals surface area (Å²) in [6.07, 6.45) is -4.56. The van der Waals surface area contributed by atoms with Crippen LogP contribution in [0.2, 0.25) is 0 Å². The quantitative estimate of drug-likeness (QED) is 0.819. The molecule has 20 heavy (non-hydrogen) atoms. The Balaban J connectivity index is 2.67. The van der Waals surface area contributed by atoms with Crippen LogP contribution in [-0.2, 0) is 15.7 Å². The van der Waals surface area contributed by atoms with Crippen LogP contribution in [0, 0.1) is 5.92 Å². The molecule has 112 valence electrons. The molecule has 1 amide bonds. The molecule has 0 saturated carbocycles. The van der Waals surface area contributed by atoms with Gasteiger partial charge in [0.1, 0.15) is 6.61 Å². The van der Waals surface area contributed by atoms with E-state index in [9.17, 15) is 18.0 Å². The van der Waals surface area contributed by atoms with Crippen molar-refractivity contribution in [2.24, 2.45) is 5.92 Å². The van der Waals surface area contributed by atoms with Crippen molar-refractivity contribution in [1.29, 1.82) is 0 Å². The zero-order valence-electron chi connectivity index (χ0n) is 11.3. The monoisotopic (exact) mass is 290 g/mol. The van der Waals surface area contributed by atoms with E-state index in [1.54, 1.807) is 0 Å². The lowest BCUT2D eigenvalue weighted by Gasteiger charge is -2.13. The second kappa shape index (κ2) is 6.60. The molecule has 0 radical (unpaired) electrons. The van der Waals surface area contributed by atoms with E-state index in [-0.39, 0.29) is 23.9 Å². The van der Waals surface area contributed by atoms with Gasteiger partial charge in [-0.25, -0.2) is 0 Å². The van der Waals surface area contributed by atoms with Gasteiger partial charge in [-0.05, 0) is 24.1 Å². The number of halogens is 3. The number of rotatable bonds is 5. The van der Waals surface area contributed by atoms with Gasteiger partial charge in [-0.2, -0.15) is 13.2 Å². The standard InChI is InChI=1S/C13H17F3N2O2/c1-8(2)6-20-7-12(19)18-9-3-4-11(17)10(5-9)13(14,15)16/h3-5,8H,6-7,17H2,1-2H3,(H,18,19). The van der Waals surface area contributed by atoms with Gasteiger partial charge < -0.3 is 15.8 Å². The van der Waals surface area contributed by atoms with E-state index >= 15 is 0 Å². The summed E-state index contributed by atoms with van der Waals surface area (Å²) in [6.45, 7) is 4.05. The van der Waals surface area contributed by atoms with Gasteiger partial charge >= 0.3 is 6.18 Å². The Labute approximate surface area is 115 Å². The number of anilines is 2. The number of nitrogens with two attached hydrogens (primary N) is 1. The largest absolute Gasteiger partial charge is 0.418 e. The first-order valence-electron chi connectivity index (χ1n) is 6.04. The highest BCUT2D eigenvalue weighted by atomic mass is 19.4. The minimum absolute atomic E-state index is 0.0321. The van der Waals surface area contributed by atoms with Crippen molar-refractivity contribution in [3.05, 3.63) is 23.8 Å². The van der Waals surface area contributed by atoms with Crippen LogP contribution in [0.3, 0.4) is 0 Å². The number of amides is 1. The van der Waals surface area contributed by atoms with Crippen LogP contribution in [0.25, 0.3) is 0 Å². The number of nitrogens with one attached hydrogen (secondary N) is 1. The fraction of sp³-hybridized carbons (Fsp3) is 0.462. The number of nitrogen functional groups attached to an aromatic ring is 1. The second-order valence-corrected chi connectivity index (χ2v) is 4.76. The van der Waals surface area contributed by atoms with Crippen LogP contribution in [0.5, 0.6) is 0 Å². The van der Waals surface area contributed by atoms with Gasteiger partial charge in [0.25, 0.3) is 0 Å². The third kappa shape index (κ3) is 5.08. The number of ether oxygens (including phenoxy) is 1. The lowest BCUT2D eigenvalue weighted by atomic mass is 10.1. The highest BCUT2D eigenvalue weighted by Gasteiger charge is 2.33. The molecule has 1 aromatic carbocycles. The van der Waals surface area contributed by atoms with E-state index in [0.29, 0.717) is 6.61 Å². The molecular weight excluding hydrogens is 273 g/mol. The first-order valence-corrected chi connectivity index (χ1v) is 6.04. The van der Waals surface area contributed by atoms with E-state index in [1.165, 1.54) is 6.07 Å². The molecule has 0 unspecified atom stereocenters. The second-order valence-electron chi connectivity index (χ2n) is 4.76. The lowest BCUT2D eigenvalue weighted by molar-refractivity contribution is -0.137. The minimum atomic E-state index is -4.56. The van der Waals surface area contributed by atoms with E-state index in [4.69, 9.17) is 10.5 Å². The number of alkyl halides is 3. The number of carbonyl (C=O) groups is 1. The molecule has 4 nitrogen and oxygen atoms in total. The van der Waals surface area contributed by atoms with Crippen LogP contribution in [0.4, 0.5) is 24.5 Å². The van der Waals surface area contributed by atoms with Crippen molar-refractivity contribution >= 4 is 17.3 Å². The highest BCUT2D eigenvalue weighted by Crippen LogP contribution is 2.35. The molecule has 0 aromatic heterocycles. The molecule has 7 heteroatoms. The summed E-state index contributed by atoms with van der Waals surface area (Å²) in [4.78, 5) is 11.5. The van der Waals surface area contributed by atoms with Crippen LogP contribution < -0.4 is 11.1 Å². The lowest BCUT2D eigenvalue weighted by Crippen LogP contribution is -2.20. The molecule has 0 aliphatic heterocycles. The Morgan fingerprint density at radius 1 is 1.40 bits per heavy atom. The third-order valence-electron chi connectivity index (χ3n) is 2.33. The topological polar surface area (TPSA) is 64.3 Å². The molecule has 3 N–H and O–H groups in total. The Morgan fingerprint density at radius 2 is 2.05 bits per heavy atom. The van der Waals surface area contributed by atoms with Gasteiger partial charge in [-0.1, -0.05) is 13.8 Å². The maximum Gasteiger partial charge on any atom is 0.418 e. The predicted molar refractivity (Wildman–Crippen MR) is 70.1 cm³/mol. The SMILES string of the molecule is CC(C)COCC(=O)Nc1ccc(N)c(C(F)(F)F)c1. The van der Waals surface area contributed by atoms with Crippen molar-refractivity contribution < 1.29 is 22.7 Å². The van der Waals surface area contributed by atoms with Crippen LogP contribution in [0.15, 0.2) is 18.2 Å². The zero-order valence-corrected chi connectivity index (χ0v) is 11.3. The summed E-state index contributed by atoms with van der Waals surface area (Å²) < 4.78 is 43.0. The molecule has 1 rings (SSSR count). The van der Waals surface area contributed by atoms with E-state index in [2.05, 4.69) is 5.32 Å². The van der Waals surface area contributed by atoms with Crippen molar-refractivity contribution in [3.63, 3.8) is 0 Å². The molecule has 0 bridgehead atoms. The first kappa shape index (κ1) is 16.3. The van der Waals surface area contributed by atoms with Gasteiger partial charge in [-0.3, -0.25) is 4.79 Å².